The van der Waals surface area contributed by atoms with Gasteiger partial charge in [0.25, 0.3) is 11.5 Å². The summed E-state index contributed by atoms with van der Waals surface area (Å²) < 4.78 is 6.88. The van der Waals surface area contributed by atoms with Gasteiger partial charge in [-0.15, -0.1) is 0 Å². The number of ether oxygens (including phenoxy) is 1. The number of nitrogens with one attached hydrogen (secondary N) is 1. The first-order chi connectivity index (χ1) is 15.5. The van der Waals surface area contributed by atoms with Gasteiger partial charge in [-0.3, -0.25) is 14.2 Å². The molecule has 0 bridgehead atoms. The Kier molecular flexibility index (Phi) is 7.27. The minimum Gasteiger partial charge on any atom is -0.383 e. The van der Waals surface area contributed by atoms with Gasteiger partial charge in [0.2, 0.25) is 0 Å². The van der Waals surface area contributed by atoms with Gasteiger partial charge in [-0.1, -0.05) is 54.4 Å². The first-order valence-electron chi connectivity index (χ1n) is 11.1. The predicted molar refractivity (Wildman–Crippen MR) is 128 cm³/mol. The van der Waals surface area contributed by atoms with Crippen LogP contribution in [-0.2, 0) is 17.0 Å². The van der Waals surface area contributed by atoms with Gasteiger partial charge in [0.15, 0.2) is 5.16 Å². The zero-order valence-corrected chi connectivity index (χ0v) is 19.4. The number of carbonyl (C=O) groups excluding carboxylic acids is 1. The van der Waals surface area contributed by atoms with Crippen LogP contribution < -0.4 is 10.9 Å². The van der Waals surface area contributed by atoms with Gasteiger partial charge in [-0.25, -0.2) is 4.98 Å². The molecule has 0 aliphatic heterocycles. The van der Waals surface area contributed by atoms with Gasteiger partial charge in [0.05, 0.1) is 24.1 Å². The lowest BCUT2D eigenvalue weighted by Gasteiger charge is -2.14. The second kappa shape index (κ2) is 10.3. The van der Waals surface area contributed by atoms with Gasteiger partial charge in [0, 0.05) is 24.5 Å². The molecule has 168 valence electrons. The Morgan fingerprint density at radius 1 is 1.19 bits per heavy atom. The molecule has 1 amide bonds. The molecular weight excluding hydrogens is 422 g/mol. The summed E-state index contributed by atoms with van der Waals surface area (Å²) in [5.74, 6) is 0.602. The van der Waals surface area contributed by atoms with E-state index in [1.54, 1.807) is 29.9 Å². The molecule has 7 heteroatoms. The van der Waals surface area contributed by atoms with Crippen LogP contribution in [0.2, 0.25) is 0 Å². The Morgan fingerprint density at radius 2 is 1.94 bits per heavy atom. The Balaban J connectivity index is 1.64. The molecule has 1 aliphatic carbocycles. The van der Waals surface area contributed by atoms with Crippen LogP contribution in [0.3, 0.4) is 0 Å². The van der Waals surface area contributed by atoms with E-state index in [1.807, 2.05) is 0 Å². The van der Waals surface area contributed by atoms with Gasteiger partial charge < -0.3 is 10.1 Å². The predicted octanol–water partition coefficient (Wildman–Crippen LogP) is 4.32. The largest absolute Gasteiger partial charge is 0.383 e. The summed E-state index contributed by atoms with van der Waals surface area (Å²) in [4.78, 5) is 30.7. The quantitative estimate of drug-likeness (QED) is 0.408. The van der Waals surface area contributed by atoms with Crippen LogP contribution in [0.1, 0.15) is 47.2 Å². The monoisotopic (exact) mass is 451 g/mol. The highest BCUT2D eigenvalue weighted by Crippen LogP contribution is 2.23. The number of nitrogens with zero attached hydrogens (tertiary/aromatic N) is 2. The van der Waals surface area contributed by atoms with E-state index < -0.39 is 0 Å². The average Bonchev–Trinajstić information content (AvgIpc) is 3.31. The summed E-state index contributed by atoms with van der Waals surface area (Å²) in [6.07, 6.45) is 4.38. The summed E-state index contributed by atoms with van der Waals surface area (Å²) in [7, 11) is 1.62. The number of fused-ring (bicyclic) bond motifs is 1. The third-order valence-corrected chi connectivity index (χ3v) is 6.93. The molecule has 3 aromatic rings. The number of aryl methyl sites for hydroxylation is 1. The van der Waals surface area contributed by atoms with E-state index in [0.717, 1.165) is 31.2 Å². The number of rotatable bonds is 8. The molecule has 4 rings (SSSR count). The molecule has 0 atom stereocenters. The molecular formula is C25H29N3O3S. The van der Waals surface area contributed by atoms with Crippen molar-refractivity contribution in [3.63, 3.8) is 0 Å². The Hall–Kier alpha value is -2.64. The normalized spacial score (nSPS) is 14.2. The summed E-state index contributed by atoms with van der Waals surface area (Å²) in [5.41, 5.74) is 3.36. The molecule has 1 aromatic heterocycles. The van der Waals surface area contributed by atoms with Crippen molar-refractivity contribution in [2.75, 3.05) is 13.7 Å². The van der Waals surface area contributed by atoms with Crippen LogP contribution in [0.5, 0.6) is 0 Å². The number of amides is 1. The zero-order chi connectivity index (χ0) is 22.5. The molecule has 6 nitrogen and oxygen atoms in total. The van der Waals surface area contributed by atoms with Crippen molar-refractivity contribution in [3.8, 4) is 0 Å². The van der Waals surface area contributed by atoms with E-state index in [1.165, 1.54) is 17.3 Å². The minimum absolute atomic E-state index is 0.0991. The number of benzene rings is 2. The van der Waals surface area contributed by atoms with Crippen LogP contribution in [-0.4, -0.2) is 35.2 Å². The number of methoxy groups -OCH3 is 1. The lowest BCUT2D eigenvalue weighted by Crippen LogP contribution is -2.32. The van der Waals surface area contributed by atoms with E-state index in [0.29, 0.717) is 40.5 Å². The van der Waals surface area contributed by atoms with Crippen molar-refractivity contribution in [3.05, 3.63) is 69.5 Å². The summed E-state index contributed by atoms with van der Waals surface area (Å²) >= 11 is 1.52. The minimum atomic E-state index is -0.110. The van der Waals surface area contributed by atoms with E-state index in [9.17, 15) is 9.59 Å². The van der Waals surface area contributed by atoms with E-state index in [4.69, 9.17) is 9.72 Å². The Bertz CT molecular complexity index is 1150. The number of thioether (sulfide) groups is 1. The molecule has 32 heavy (non-hydrogen) atoms. The average molecular weight is 452 g/mol. The van der Waals surface area contributed by atoms with E-state index in [-0.39, 0.29) is 17.5 Å². The molecule has 0 spiro atoms. The molecule has 1 fully saturated rings. The third kappa shape index (κ3) is 5.22. The molecule has 1 aliphatic rings. The molecule has 0 radical (unpaired) electrons. The molecule has 0 unspecified atom stereocenters. The summed E-state index contributed by atoms with van der Waals surface area (Å²) in [6.45, 7) is 2.91. The summed E-state index contributed by atoms with van der Waals surface area (Å²) in [5, 5.41) is 4.25. The maximum Gasteiger partial charge on any atom is 0.262 e. The fraction of sp³-hybridized carbons (Fsp3) is 0.400. The standard InChI is InChI=1S/C25H29N3O3S/c1-17-7-9-18(10-8-17)16-32-25-27-22-15-19(23(29)26-20-5-3-4-6-20)11-12-21(22)24(30)28(25)13-14-31-2/h7-12,15,20H,3-6,13-14,16H2,1-2H3,(H,26,29). The van der Waals surface area contributed by atoms with Crippen LogP contribution in [0.25, 0.3) is 10.9 Å². The molecule has 1 heterocycles. The van der Waals surface area contributed by atoms with E-state index >= 15 is 0 Å². The second-order valence-electron chi connectivity index (χ2n) is 8.31. The van der Waals surface area contributed by atoms with Crippen molar-refractivity contribution in [1.82, 2.24) is 14.9 Å². The van der Waals surface area contributed by atoms with Crippen LogP contribution in [0.15, 0.2) is 52.4 Å². The Morgan fingerprint density at radius 3 is 2.66 bits per heavy atom. The first kappa shape index (κ1) is 22.6. The highest BCUT2D eigenvalue weighted by Gasteiger charge is 2.19. The van der Waals surface area contributed by atoms with Crippen LogP contribution in [0.4, 0.5) is 0 Å². The number of hydrogen-bond acceptors (Lipinski definition) is 5. The van der Waals surface area contributed by atoms with E-state index in [2.05, 4.69) is 36.5 Å². The highest BCUT2D eigenvalue weighted by atomic mass is 32.2. The molecule has 0 saturated heterocycles. The van der Waals surface area contributed by atoms with Crippen molar-refractivity contribution in [2.24, 2.45) is 0 Å². The van der Waals surface area contributed by atoms with Crippen molar-refractivity contribution >= 4 is 28.6 Å². The van der Waals surface area contributed by atoms with Gasteiger partial charge >= 0.3 is 0 Å². The fourth-order valence-electron chi connectivity index (χ4n) is 4.00. The lowest BCUT2D eigenvalue weighted by molar-refractivity contribution is 0.0938. The molecule has 1 N–H and O–H groups in total. The van der Waals surface area contributed by atoms with Crippen LogP contribution in [0, 0.1) is 6.92 Å². The third-order valence-electron chi connectivity index (χ3n) is 5.88. The zero-order valence-electron chi connectivity index (χ0n) is 18.6. The topological polar surface area (TPSA) is 73.2 Å². The fourth-order valence-corrected chi connectivity index (χ4v) is 4.98. The van der Waals surface area contributed by atoms with Gasteiger partial charge in [-0.2, -0.15) is 0 Å². The Labute approximate surface area is 192 Å². The van der Waals surface area contributed by atoms with Gasteiger partial charge in [0.1, 0.15) is 0 Å². The number of aromatic nitrogens is 2. The van der Waals surface area contributed by atoms with Crippen molar-refractivity contribution < 1.29 is 9.53 Å². The van der Waals surface area contributed by atoms with Crippen LogP contribution >= 0.6 is 11.8 Å². The molecule has 2 aromatic carbocycles. The second-order valence-corrected chi connectivity index (χ2v) is 9.25. The number of hydrogen-bond donors (Lipinski definition) is 1. The maximum absolute atomic E-state index is 13.2. The highest BCUT2D eigenvalue weighted by molar-refractivity contribution is 7.98. The first-order valence-corrected chi connectivity index (χ1v) is 12.1. The molecule has 1 saturated carbocycles. The number of carbonyl (C=O) groups is 1. The van der Waals surface area contributed by atoms with Crippen molar-refractivity contribution in [1.29, 1.82) is 0 Å². The van der Waals surface area contributed by atoms with Crippen molar-refractivity contribution in [2.45, 2.75) is 56.1 Å². The lowest BCUT2D eigenvalue weighted by atomic mass is 10.1. The maximum atomic E-state index is 13.2. The smallest absolute Gasteiger partial charge is 0.262 e. The SMILES string of the molecule is COCCn1c(SCc2ccc(C)cc2)nc2cc(C(=O)NC3CCCC3)ccc2c1=O. The summed E-state index contributed by atoms with van der Waals surface area (Å²) in [6, 6.07) is 13.8. The van der Waals surface area contributed by atoms with Gasteiger partial charge in [-0.05, 0) is 43.5 Å².